The fraction of sp³-hybridized carbons (Fsp3) is 0.200. The van der Waals surface area contributed by atoms with Crippen LogP contribution < -0.4 is 9.62 Å². The van der Waals surface area contributed by atoms with E-state index in [1.54, 1.807) is 29.2 Å². The normalized spacial score (nSPS) is 13.7. The summed E-state index contributed by atoms with van der Waals surface area (Å²) in [5.74, 6) is 0.0691. The summed E-state index contributed by atoms with van der Waals surface area (Å²) < 4.78 is 27.5. The van der Waals surface area contributed by atoms with Crippen LogP contribution in [0.15, 0.2) is 41.4 Å². The van der Waals surface area contributed by atoms with Crippen LogP contribution in [0.1, 0.15) is 12.5 Å². The second-order valence-corrected chi connectivity index (χ2v) is 7.21. The lowest BCUT2D eigenvalue weighted by atomic mass is 10.2. The van der Waals surface area contributed by atoms with Gasteiger partial charge in [0.1, 0.15) is 10.7 Å². The van der Waals surface area contributed by atoms with Crippen molar-refractivity contribution in [3.8, 4) is 0 Å². The smallest absolute Gasteiger partial charge is 0.264 e. The van der Waals surface area contributed by atoms with Crippen LogP contribution in [0.25, 0.3) is 0 Å². The monoisotopic (exact) mass is 351 g/mol. The molecule has 2 aromatic rings. The molecular formula is C15H14ClN3O3S. The Kier molecular flexibility index (Phi) is 3.99. The van der Waals surface area contributed by atoms with Gasteiger partial charge in [-0.2, -0.15) is 0 Å². The molecule has 0 atom stereocenters. The van der Waals surface area contributed by atoms with Gasteiger partial charge in [-0.1, -0.05) is 17.7 Å². The molecule has 2 heterocycles. The molecule has 8 heteroatoms. The quantitative estimate of drug-likeness (QED) is 0.921. The number of pyridine rings is 1. The number of nitrogens with one attached hydrogen (secondary N) is 1. The number of hydrogen-bond donors (Lipinski definition) is 1. The number of amides is 1. The lowest BCUT2D eigenvalue weighted by Crippen LogP contribution is -2.26. The average Bonchev–Trinajstić information content (AvgIpc) is 2.89. The number of rotatable bonds is 3. The number of fused-ring (bicyclic) bond motifs is 1. The van der Waals surface area contributed by atoms with E-state index in [-0.39, 0.29) is 21.6 Å². The van der Waals surface area contributed by atoms with Gasteiger partial charge in [0.05, 0.1) is 5.02 Å². The molecule has 0 spiro atoms. The van der Waals surface area contributed by atoms with Gasteiger partial charge in [-0.15, -0.1) is 0 Å². The fourth-order valence-corrected chi connectivity index (χ4v) is 4.12. The van der Waals surface area contributed by atoms with E-state index in [1.165, 1.54) is 19.2 Å². The van der Waals surface area contributed by atoms with E-state index in [0.717, 1.165) is 5.56 Å². The molecule has 1 amide bonds. The van der Waals surface area contributed by atoms with Crippen LogP contribution in [0, 0.1) is 0 Å². The van der Waals surface area contributed by atoms with Crippen LogP contribution in [0.4, 0.5) is 11.5 Å². The zero-order chi connectivity index (χ0) is 16.6. The van der Waals surface area contributed by atoms with Crippen molar-refractivity contribution in [2.75, 3.05) is 16.2 Å². The third kappa shape index (κ3) is 3.02. The van der Waals surface area contributed by atoms with Crippen molar-refractivity contribution >= 4 is 39.0 Å². The minimum absolute atomic E-state index is 0.0725. The zero-order valence-corrected chi connectivity index (χ0v) is 13.9. The van der Waals surface area contributed by atoms with Gasteiger partial charge in [0.15, 0.2) is 0 Å². The maximum atomic E-state index is 12.6. The number of hydrogen-bond acceptors (Lipinski definition) is 4. The second kappa shape index (κ2) is 5.82. The summed E-state index contributed by atoms with van der Waals surface area (Å²) in [5, 5.41) is 0.123. The molecular weight excluding hydrogens is 338 g/mol. The van der Waals surface area contributed by atoms with E-state index in [4.69, 9.17) is 11.6 Å². The van der Waals surface area contributed by atoms with E-state index >= 15 is 0 Å². The van der Waals surface area contributed by atoms with Crippen LogP contribution in [-0.4, -0.2) is 25.9 Å². The van der Waals surface area contributed by atoms with E-state index < -0.39 is 10.0 Å². The van der Waals surface area contributed by atoms with E-state index in [1.807, 2.05) is 0 Å². The maximum absolute atomic E-state index is 12.6. The second-order valence-electron chi connectivity index (χ2n) is 5.15. The van der Waals surface area contributed by atoms with Crippen LogP contribution in [0.5, 0.6) is 0 Å². The van der Waals surface area contributed by atoms with E-state index in [9.17, 15) is 13.2 Å². The number of halogens is 1. The van der Waals surface area contributed by atoms with Gasteiger partial charge in [0, 0.05) is 25.4 Å². The highest BCUT2D eigenvalue weighted by Gasteiger charge is 2.27. The summed E-state index contributed by atoms with van der Waals surface area (Å²) in [6.07, 6.45) is 2.14. The SMILES string of the molecule is CC(=O)N1CCc2cc(Cl)c(S(=O)(=O)Nc3ccccn3)cc21. The van der Waals surface area contributed by atoms with Gasteiger partial charge in [-0.3, -0.25) is 9.52 Å². The number of carbonyl (C=O) groups is 1. The summed E-state index contributed by atoms with van der Waals surface area (Å²) in [6, 6.07) is 7.95. The lowest BCUT2D eigenvalue weighted by Gasteiger charge is -2.16. The van der Waals surface area contributed by atoms with E-state index in [0.29, 0.717) is 18.7 Å². The predicted octanol–water partition coefficient (Wildman–Crippen LogP) is 2.44. The summed E-state index contributed by atoms with van der Waals surface area (Å²) in [7, 11) is -3.90. The van der Waals surface area contributed by atoms with Gasteiger partial charge in [0.25, 0.3) is 10.0 Å². The molecule has 1 aliphatic heterocycles. The van der Waals surface area contributed by atoms with Gasteiger partial charge >= 0.3 is 0 Å². The van der Waals surface area contributed by atoms with Crippen molar-refractivity contribution in [1.29, 1.82) is 0 Å². The molecule has 0 fully saturated rings. The average molecular weight is 352 g/mol. The molecule has 0 bridgehead atoms. The fourth-order valence-electron chi connectivity index (χ4n) is 2.54. The molecule has 1 aromatic heterocycles. The number of aromatic nitrogens is 1. The molecule has 6 nitrogen and oxygen atoms in total. The summed E-state index contributed by atoms with van der Waals surface area (Å²) >= 11 is 6.14. The summed E-state index contributed by atoms with van der Waals surface area (Å²) in [6.45, 7) is 1.97. The van der Waals surface area contributed by atoms with Crippen molar-refractivity contribution in [3.05, 3.63) is 47.1 Å². The minimum Gasteiger partial charge on any atom is -0.312 e. The van der Waals surface area contributed by atoms with Gasteiger partial charge in [-0.25, -0.2) is 13.4 Å². The Balaban J connectivity index is 2.03. The highest BCUT2D eigenvalue weighted by molar-refractivity contribution is 7.92. The number of carbonyl (C=O) groups excluding carboxylic acids is 1. The molecule has 0 radical (unpaired) electrons. The Morgan fingerprint density at radius 1 is 1.35 bits per heavy atom. The van der Waals surface area contributed by atoms with Crippen molar-refractivity contribution in [1.82, 2.24) is 4.98 Å². The molecule has 0 saturated heterocycles. The highest BCUT2D eigenvalue weighted by Crippen LogP contribution is 2.35. The molecule has 1 aromatic carbocycles. The molecule has 1 aliphatic rings. The Bertz CT molecular complexity index is 869. The largest absolute Gasteiger partial charge is 0.312 e. The van der Waals surface area contributed by atoms with Crippen molar-refractivity contribution in [2.24, 2.45) is 0 Å². The summed E-state index contributed by atoms with van der Waals surface area (Å²) in [5.41, 5.74) is 1.45. The van der Waals surface area contributed by atoms with Crippen LogP contribution >= 0.6 is 11.6 Å². The number of benzene rings is 1. The first kappa shape index (κ1) is 15.8. The van der Waals surface area contributed by atoms with Gasteiger partial charge in [0.2, 0.25) is 5.91 Å². The van der Waals surface area contributed by atoms with Crippen LogP contribution in [0.2, 0.25) is 5.02 Å². The highest BCUT2D eigenvalue weighted by atomic mass is 35.5. The number of sulfonamides is 1. The maximum Gasteiger partial charge on any atom is 0.264 e. The molecule has 0 saturated carbocycles. The first-order valence-corrected chi connectivity index (χ1v) is 8.79. The molecule has 23 heavy (non-hydrogen) atoms. The first-order chi connectivity index (χ1) is 10.9. The van der Waals surface area contributed by atoms with Crippen LogP contribution in [0.3, 0.4) is 0 Å². The third-order valence-electron chi connectivity index (χ3n) is 3.60. The Hall–Kier alpha value is -2.12. The molecule has 1 N–H and O–H groups in total. The van der Waals surface area contributed by atoms with Crippen molar-refractivity contribution in [2.45, 2.75) is 18.2 Å². The van der Waals surface area contributed by atoms with E-state index in [2.05, 4.69) is 9.71 Å². The van der Waals surface area contributed by atoms with Crippen molar-refractivity contribution in [3.63, 3.8) is 0 Å². The molecule has 0 aliphatic carbocycles. The summed E-state index contributed by atoms with van der Waals surface area (Å²) in [4.78, 5) is 17.1. The third-order valence-corrected chi connectivity index (χ3v) is 5.42. The number of anilines is 2. The Morgan fingerprint density at radius 3 is 2.78 bits per heavy atom. The number of nitrogens with zero attached hydrogens (tertiary/aromatic N) is 2. The van der Waals surface area contributed by atoms with Crippen molar-refractivity contribution < 1.29 is 13.2 Å². The lowest BCUT2D eigenvalue weighted by molar-refractivity contribution is -0.116. The van der Waals surface area contributed by atoms with Crippen LogP contribution in [-0.2, 0) is 21.2 Å². The Labute approximate surface area is 139 Å². The first-order valence-electron chi connectivity index (χ1n) is 6.93. The van der Waals surface area contributed by atoms with Gasteiger partial charge in [-0.05, 0) is 36.2 Å². The standard InChI is InChI=1S/C15H14ClN3O3S/c1-10(20)19-7-5-11-8-12(16)14(9-13(11)19)23(21,22)18-15-4-2-3-6-17-15/h2-4,6,8-9H,5,7H2,1H3,(H,17,18). The Morgan fingerprint density at radius 2 is 2.13 bits per heavy atom. The predicted molar refractivity (Wildman–Crippen MR) is 88.2 cm³/mol. The zero-order valence-electron chi connectivity index (χ0n) is 12.3. The minimum atomic E-state index is -3.90. The molecule has 0 unspecified atom stereocenters. The molecule has 3 rings (SSSR count). The molecule has 120 valence electrons. The van der Waals surface area contributed by atoms with Gasteiger partial charge < -0.3 is 4.90 Å². The topological polar surface area (TPSA) is 79.4 Å².